The Balaban J connectivity index is 1.52. The fourth-order valence-electron chi connectivity index (χ4n) is 3.97. The molecule has 0 amide bonds. The fourth-order valence-corrected chi connectivity index (χ4v) is 4.61. The Hall–Kier alpha value is -3.75. The van der Waals surface area contributed by atoms with Gasteiger partial charge in [0.2, 0.25) is 5.82 Å². The molecule has 0 aliphatic rings. The molecule has 0 saturated heterocycles. The van der Waals surface area contributed by atoms with Crippen LogP contribution in [0.25, 0.3) is 39.1 Å². The van der Waals surface area contributed by atoms with Gasteiger partial charge >= 0.3 is 0 Å². The molecule has 0 atom stereocenters. The van der Waals surface area contributed by atoms with Crippen LogP contribution in [0.1, 0.15) is 5.69 Å². The largest absolute Gasteiger partial charge is 0.453 e. The highest BCUT2D eigenvalue weighted by atomic mass is 79.9. The highest BCUT2D eigenvalue weighted by molar-refractivity contribution is 9.10. The number of hydrogen-bond acceptors (Lipinski definition) is 4. The molecule has 0 spiro atoms. The number of fused-ring (bicyclic) bond motifs is 2. The van der Waals surface area contributed by atoms with E-state index in [1.807, 2.05) is 89.6 Å². The van der Waals surface area contributed by atoms with Gasteiger partial charge in [-0.05, 0) is 72.8 Å². The van der Waals surface area contributed by atoms with Crippen LogP contribution in [0.5, 0.6) is 0 Å². The van der Waals surface area contributed by atoms with Crippen molar-refractivity contribution in [2.24, 2.45) is 5.10 Å². The highest BCUT2D eigenvalue weighted by Crippen LogP contribution is 2.29. The Morgan fingerprint density at radius 1 is 0.886 bits per heavy atom. The van der Waals surface area contributed by atoms with Crippen molar-refractivity contribution in [2.75, 3.05) is 0 Å². The summed E-state index contributed by atoms with van der Waals surface area (Å²) in [5, 5.41) is 5.96. The second-order valence-electron chi connectivity index (χ2n) is 7.89. The minimum atomic E-state index is -0.273. The monoisotopic (exact) mass is 586 g/mol. The first-order chi connectivity index (χ1) is 17.1. The molecule has 3 aromatic heterocycles. The van der Waals surface area contributed by atoms with Crippen LogP contribution in [-0.2, 0) is 0 Å². The number of nitrogens with zero attached hydrogens (tertiary/aromatic N) is 4. The van der Waals surface area contributed by atoms with E-state index in [4.69, 9.17) is 9.40 Å². The van der Waals surface area contributed by atoms with Gasteiger partial charge < -0.3 is 8.98 Å². The van der Waals surface area contributed by atoms with Crippen molar-refractivity contribution >= 4 is 59.9 Å². The van der Waals surface area contributed by atoms with E-state index in [1.54, 1.807) is 12.3 Å². The van der Waals surface area contributed by atoms with Crippen LogP contribution >= 0.6 is 31.9 Å². The summed E-state index contributed by atoms with van der Waals surface area (Å²) in [4.78, 5) is 18.2. The lowest BCUT2D eigenvalue weighted by molar-refractivity contribution is 0.616. The van der Waals surface area contributed by atoms with E-state index in [1.165, 1.54) is 4.68 Å². The molecular formula is C27H16Br2N4O2. The average Bonchev–Trinajstić information content (AvgIpc) is 3.50. The molecule has 0 saturated carbocycles. The molecule has 0 aliphatic carbocycles. The van der Waals surface area contributed by atoms with Crippen molar-refractivity contribution in [3.8, 4) is 17.3 Å². The van der Waals surface area contributed by atoms with E-state index < -0.39 is 0 Å². The van der Waals surface area contributed by atoms with E-state index in [0.29, 0.717) is 28.1 Å². The minimum Gasteiger partial charge on any atom is -0.453 e. The zero-order valence-electron chi connectivity index (χ0n) is 18.1. The quantitative estimate of drug-likeness (QED) is 0.208. The number of rotatable bonds is 4. The SMILES string of the molecule is O=c1c2ccccc2nc(-c2cc3cc(Br)ccc3o2)n1N=Cc1cccn1-c1ccc(Br)cc1. The molecule has 6 aromatic rings. The van der Waals surface area contributed by atoms with Gasteiger partial charge in [0, 0.05) is 26.2 Å². The molecule has 170 valence electrons. The lowest BCUT2D eigenvalue weighted by Crippen LogP contribution is -2.20. The molecule has 0 radical (unpaired) electrons. The third-order valence-corrected chi connectivity index (χ3v) is 6.67. The number of para-hydroxylation sites is 1. The molecule has 3 heterocycles. The van der Waals surface area contributed by atoms with Crippen LogP contribution in [0.15, 0.2) is 114 Å². The van der Waals surface area contributed by atoms with E-state index in [0.717, 1.165) is 25.7 Å². The van der Waals surface area contributed by atoms with Gasteiger partial charge in [-0.15, -0.1) is 0 Å². The second-order valence-corrected chi connectivity index (χ2v) is 9.72. The Bertz CT molecular complexity index is 1800. The van der Waals surface area contributed by atoms with Crippen molar-refractivity contribution in [1.82, 2.24) is 14.2 Å². The van der Waals surface area contributed by atoms with Crippen LogP contribution in [0, 0.1) is 0 Å². The highest BCUT2D eigenvalue weighted by Gasteiger charge is 2.16. The zero-order valence-corrected chi connectivity index (χ0v) is 21.3. The van der Waals surface area contributed by atoms with Crippen LogP contribution in [0.4, 0.5) is 0 Å². The Labute approximate surface area is 216 Å². The van der Waals surface area contributed by atoms with Crippen molar-refractivity contribution < 1.29 is 4.42 Å². The van der Waals surface area contributed by atoms with Gasteiger partial charge in [-0.25, -0.2) is 4.98 Å². The standard InChI is InChI=1S/C27H16Br2N4O2/c28-18-7-10-20(11-8-18)32-13-3-4-21(32)16-30-33-26(31-23-6-2-1-5-22(23)27(33)34)25-15-17-14-19(29)9-12-24(17)35-25/h1-16H. The maximum absolute atomic E-state index is 13.5. The summed E-state index contributed by atoms with van der Waals surface area (Å²) in [5.41, 5.74) is 2.80. The molecule has 8 heteroatoms. The molecular weight excluding hydrogens is 572 g/mol. The number of benzene rings is 3. The normalized spacial score (nSPS) is 11.7. The smallest absolute Gasteiger partial charge is 0.282 e. The topological polar surface area (TPSA) is 65.3 Å². The summed E-state index contributed by atoms with van der Waals surface area (Å²) in [7, 11) is 0. The third kappa shape index (κ3) is 4.05. The molecule has 3 aromatic carbocycles. The van der Waals surface area contributed by atoms with Gasteiger partial charge in [-0.2, -0.15) is 9.78 Å². The summed E-state index contributed by atoms with van der Waals surface area (Å²) in [5.74, 6) is 0.792. The van der Waals surface area contributed by atoms with Gasteiger partial charge in [0.25, 0.3) is 5.56 Å². The molecule has 6 rings (SSSR count). The molecule has 0 unspecified atom stereocenters. The summed E-state index contributed by atoms with van der Waals surface area (Å²) >= 11 is 6.96. The van der Waals surface area contributed by atoms with Crippen molar-refractivity contribution in [2.45, 2.75) is 0 Å². The first-order valence-electron chi connectivity index (χ1n) is 10.8. The van der Waals surface area contributed by atoms with E-state index >= 15 is 0 Å². The Morgan fingerprint density at radius 2 is 1.69 bits per heavy atom. The predicted octanol–water partition coefficient (Wildman–Crippen LogP) is 7.01. The fraction of sp³-hybridized carbons (Fsp3) is 0. The summed E-state index contributed by atoms with van der Waals surface area (Å²) < 4.78 is 11.3. The molecule has 6 nitrogen and oxygen atoms in total. The van der Waals surface area contributed by atoms with E-state index in [9.17, 15) is 4.79 Å². The van der Waals surface area contributed by atoms with Gasteiger partial charge in [0.05, 0.1) is 22.8 Å². The summed E-state index contributed by atoms with van der Waals surface area (Å²) in [6, 6.07) is 26.7. The zero-order chi connectivity index (χ0) is 23.9. The molecule has 0 N–H and O–H groups in total. The van der Waals surface area contributed by atoms with Crippen molar-refractivity contribution in [3.63, 3.8) is 0 Å². The van der Waals surface area contributed by atoms with Crippen LogP contribution in [0.3, 0.4) is 0 Å². The lowest BCUT2D eigenvalue weighted by atomic mass is 10.2. The Kier molecular flexibility index (Phi) is 5.47. The first-order valence-corrected chi connectivity index (χ1v) is 12.3. The summed E-state index contributed by atoms with van der Waals surface area (Å²) in [6.07, 6.45) is 3.60. The second kappa shape index (κ2) is 8.79. The van der Waals surface area contributed by atoms with Crippen molar-refractivity contribution in [3.05, 3.63) is 116 Å². The van der Waals surface area contributed by atoms with Crippen LogP contribution in [-0.4, -0.2) is 20.4 Å². The Morgan fingerprint density at radius 3 is 2.54 bits per heavy atom. The predicted molar refractivity (Wildman–Crippen MR) is 145 cm³/mol. The van der Waals surface area contributed by atoms with Crippen LogP contribution in [0.2, 0.25) is 0 Å². The van der Waals surface area contributed by atoms with Gasteiger partial charge in [0.1, 0.15) is 5.58 Å². The lowest BCUT2D eigenvalue weighted by Gasteiger charge is -2.08. The molecule has 0 fully saturated rings. The van der Waals surface area contributed by atoms with Crippen LogP contribution < -0.4 is 5.56 Å². The number of aromatic nitrogens is 3. The third-order valence-electron chi connectivity index (χ3n) is 5.64. The number of halogens is 2. The van der Waals surface area contributed by atoms with Gasteiger partial charge in [0.15, 0.2) is 5.76 Å². The summed E-state index contributed by atoms with van der Waals surface area (Å²) in [6.45, 7) is 0. The van der Waals surface area contributed by atoms with Gasteiger partial charge in [-0.1, -0.05) is 44.0 Å². The molecule has 0 bridgehead atoms. The number of hydrogen-bond donors (Lipinski definition) is 0. The molecule has 0 aliphatic heterocycles. The minimum absolute atomic E-state index is 0.273. The number of furan rings is 1. The van der Waals surface area contributed by atoms with E-state index in [-0.39, 0.29) is 5.56 Å². The van der Waals surface area contributed by atoms with Crippen molar-refractivity contribution in [1.29, 1.82) is 0 Å². The maximum atomic E-state index is 13.5. The first kappa shape index (κ1) is 21.8. The van der Waals surface area contributed by atoms with E-state index in [2.05, 4.69) is 37.0 Å². The van der Waals surface area contributed by atoms with Gasteiger partial charge in [-0.3, -0.25) is 4.79 Å². The molecule has 35 heavy (non-hydrogen) atoms. The maximum Gasteiger partial charge on any atom is 0.282 e. The average molecular weight is 588 g/mol.